The fourth-order valence-electron chi connectivity index (χ4n) is 2.79. The lowest BCUT2D eigenvalue weighted by Crippen LogP contribution is -2.25. The molecule has 1 aliphatic rings. The normalized spacial score (nSPS) is 14.6. The first-order valence-electron chi connectivity index (χ1n) is 8.18. The van der Waals surface area contributed by atoms with Crippen LogP contribution in [0.3, 0.4) is 0 Å². The SMILES string of the molecule is CCCN(CC)c1cc(CNC2CC2)c2ccccc2n1. The number of nitrogens with one attached hydrogen (secondary N) is 1. The Morgan fingerprint density at radius 1 is 1.24 bits per heavy atom. The Kier molecular flexibility index (Phi) is 4.39. The molecule has 3 rings (SSSR count). The zero-order valence-corrected chi connectivity index (χ0v) is 13.1. The Morgan fingerprint density at radius 3 is 2.76 bits per heavy atom. The minimum Gasteiger partial charge on any atom is -0.357 e. The van der Waals surface area contributed by atoms with Crippen molar-refractivity contribution >= 4 is 16.7 Å². The van der Waals surface area contributed by atoms with E-state index in [0.717, 1.165) is 43.4 Å². The highest BCUT2D eigenvalue weighted by Gasteiger charge is 2.20. The fraction of sp³-hybridized carbons (Fsp3) is 0.500. The molecule has 3 nitrogen and oxygen atoms in total. The highest BCUT2D eigenvalue weighted by Crippen LogP contribution is 2.25. The number of hydrogen-bond donors (Lipinski definition) is 1. The van der Waals surface area contributed by atoms with Crippen molar-refractivity contribution < 1.29 is 0 Å². The summed E-state index contributed by atoms with van der Waals surface area (Å²) in [6.45, 7) is 7.45. The number of nitrogens with zero attached hydrogens (tertiary/aromatic N) is 2. The Balaban J connectivity index is 1.96. The molecule has 0 aliphatic heterocycles. The first-order valence-corrected chi connectivity index (χ1v) is 8.18. The standard InChI is InChI=1S/C18H25N3/c1-3-11-21(4-2)18-12-14(13-19-15-9-10-15)16-7-5-6-8-17(16)20-18/h5-8,12,15,19H,3-4,9-11,13H2,1-2H3. The minimum atomic E-state index is 0.735. The molecule has 1 saturated carbocycles. The van der Waals surface area contributed by atoms with Gasteiger partial charge in [-0.15, -0.1) is 0 Å². The van der Waals surface area contributed by atoms with Gasteiger partial charge in [0.2, 0.25) is 0 Å². The van der Waals surface area contributed by atoms with E-state index in [1.165, 1.54) is 23.8 Å². The number of aromatic nitrogens is 1. The van der Waals surface area contributed by atoms with Gasteiger partial charge in [0.1, 0.15) is 5.82 Å². The molecule has 1 N–H and O–H groups in total. The molecule has 0 amide bonds. The molecule has 0 unspecified atom stereocenters. The number of benzene rings is 1. The lowest BCUT2D eigenvalue weighted by molar-refractivity contribution is 0.689. The highest BCUT2D eigenvalue weighted by molar-refractivity contribution is 5.84. The van der Waals surface area contributed by atoms with E-state index in [2.05, 4.69) is 54.4 Å². The van der Waals surface area contributed by atoms with Crippen LogP contribution in [0.25, 0.3) is 10.9 Å². The summed E-state index contributed by atoms with van der Waals surface area (Å²) >= 11 is 0. The lowest BCUT2D eigenvalue weighted by Gasteiger charge is -2.22. The summed E-state index contributed by atoms with van der Waals surface area (Å²) in [4.78, 5) is 7.23. The number of anilines is 1. The number of para-hydroxylation sites is 1. The topological polar surface area (TPSA) is 28.2 Å². The number of hydrogen-bond acceptors (Lipinski definition) is 3. The van der Waals surface area contributed by atoms with E-state index in [1.54, 1.807) is 0 Å². The van der Waals surface area contributed by atoms with Crippen LogP contribution < -0.4 is 10.2 Å². The van der Waals surface area contributed by atoms with Crippen LogP contribution in [0.2, 0.25) is 0 Å². The zero-order chi connectivity index (χ0) is 14.7. The maximum absolute atomic E-state index is 4.87. The Labute approximate surface area is 127 Å². The highest BCUT2D eigenvalue weighted by atomic mass is 15.2. The van der Waals surface area contributed by atoms with Crippen LogP contribution in [0.4, 0.5) is 5.82 Å². The Morgan fingerprint density at radius 2 is 2.05 bits per heavy atom. The van der Waals surface area contributed by atoms with Crippen molar-refractivity contribution in [2.24, 2.45) is 0 Å². The van der Waals surface area contributed by atoms with Gasteiger partial charge in [-0.3, -0.25) is 0 Å². The molecule has 0 spiro atoms. The predicted octanol–water partition coefficient (Wildman–Crippen LogP) is 3.72. The molecular formula is C18H25N3. The van der Waals surface area contributed by atoms with E-state index < -0.39 is 0 Å². The van der Waals surface area contributed by atoms with E-state index in [9.17, 15) is 0 Å². The van der Waals surface area contributed by atoms with E-state index in [4.69, 9.17) is 4.98 Å². The third kappa shape index (κ3) is 3.35. The summed E-state index contributed by atoms with van der Waals surface area (Å²) in [7, 11) is 0. The van der Waals surface area contributed by atoms with E-state index in [-0.39, 0.29) is 0 Å². The molecule has 0 bridgehead atoms. The van der Waals surface area contributed by atoms with Gasteiger partial charge in [-0.05, 0) is 43.9 Å². The van der Waals surface area contributed by atoms with Gasteiger partial charge >= 0.3 is 0 Å². The molecule has 3 heteroatoms. The maximum atomic E-state index is 4.87. The largest absolute Gasteiger partial charge is 0.357 e. The van der Waals surface area contributed by atoms with Gasteiger partial charge in [-0.2, -0.15) is 0 Å². The average Bonchev–Trinajstić information content (AvgIpc) is 3.34. The number of pyridine rings is 1. The van der Waals surface area contributed by atoms with E-state index >= 15 is 0 Å². The Hall–Kier alpha value is -1.61. The van der Waals surface area contributed by atoms with Crippen molar-refractivity contribution in [2.45, 2.75) is 45.7 Å². The molecule has 0 radical (unpaired) electrons. The summed E-state index contributed by atoms with van der Waals surface area (Å²) in [5.74, 6) is 1.12. The first kappa shape index (κ1) is 14.3. The van der Waals surface area contributed by atoms with Crippen LogP contribution in [0, 0.1) is 0 Å². The van der Waals surface area contributed by atoms with Crippen molar-refractivity contribution in [2.75, 3.05) is 18.0 Å². The molecule has 1 aromatic carbocycles. The van der Waals surface area contributed by atoms with Gasteiger partial charge in [0.25, 0.3) is 0 Å². The van der Waals surface area contributed by atoms with Crippen LogP contribution in [-0.4, -0.2) is 24.1 Å². The van der Waals surface area contributed by atoms with Crippen LogP contribution in [0.1, 0.15) is 38.7 Å². The predicted molar refractivity (Wildman–Crippen MR) is 89.8 cm³/mol. The van der Waals surface area contributed by atoms with Gasteiger partial charge in [0, 0.05) is 31.1 Å². The van der Waals surface area contributed by atoms with Crippen molar-refractivity contribution in [3.63, 3.8) is 0 Å². The molecule has 112 valence electrons. The number of rotatable bonds is 7. The maximum Gasteiger partial charge on any atom is 0.129 e. The third-order valence-electron chi connectivity index (χ3n) is 4.15. The van der Waals surface area contributed by atoms with E-state index in [0.29, 0.717) is 0 Å². The van der Waals surface area contributed by atoms with Gasteiger partial charge in [-0.1, -0.05) is 25.1 Å². The molecule has 21 heavy (non-hydrogen) atoms. The first-order chi connectivity index (χ1) is 10.3. The second-order valence-corrected chi connectivity index (χ2v) is 5.89. The average molecular weight is 283 g/mol. The summed E-state index contributed by atoms with van der Waals surface area (Å²) < 4.78 is 0. The molecule has 0 saturated heterocycles. The van der Waals surface area contributed by atoms with Crippen molar-refractivity contribution in [3.8, 4) is 0 Å². The molecule has 0 atom stereocenters. The molecule has 1 aromatic heterocycles. The van der Waals surface area contributed by atoms with Gasteiger partial charge < -0.3 is 10.2 Å². The molecule has 2 aromatic rings. The molecule has 1 heterocycles. The van der Waals surface area contributed by atoms with Crippen molar-refractivity contribution in [1.82, 2.24) is 10.3 Å². The number of fused-ring (bicyclic) bond motifs is 1. The summed E-state index contributed by atoms with van der Waals surface area (Å²) in [6.07, 6.45) is 3.80. The molecule has 1 fully saturated rings. The zero-order valence-electron chi connectivity index (χ0n) is 13.1. The summed E-state index contributed by atoms with van der Waals surface area (Å²) in [5.41, 5.74) is 2.48. The third-order valence-corrected chi connectivity index (χ3v) is 4.15. The minimum absolute atomic E-state index is 0.735. The van der Waals surface area contributed by atoms with E-state index in [1.807, 2.05) is 0 Å². The lowest BCUT2D eigenvalue weighted by atomic mass is 10.1. The van der Waals surface area contributed by atoms with Crippen molar-refractivity contribution in [1.29, 1.82) is 0 Å². The van der Waals surface area contributed by atoms with Gasteiger partial charge in [-0.25, -0.2) is 4.98 Å². The monoisotopic (exact) mass is 283 g/mol. The molecular weight excluding hydrogens is 258 g/mol. The summed E-state index contributed by atoms with van der Waals surface area (Å²) in [5, 5.41) is 4.91. The summed E-state index contributed by atoms with van der Waals surface area (Å²) in [6, 6.07) is 11.5. The van der Waals surface area contributed by atoms with Crippen LogP contribution >= 0.6 is 0 Å². The second kappa shape index (κ2) is 6.44. The van der Waals surface area contributed by atoms with Crippen molar-refractivity contribution in [3.05, 3.63) is 35.9 Å². The van der Waals surface area contributed by atoms with Gasteiger partial charge in [0.15, 0.2) is 0 Å². The fourth-order valence-corrected chi connectivity index (χ4v) is 2.79. The van der Waals surface area contributed by atoms with Crippen LogP contribution in [0.5, 0.6) is 0 Å². The molecule has 1 aliphatic carbocycles. The Bertz CT molecular complexity index is 604. The van der Waals surface area contributed by atoms with Gasteiger partial charge in [0.05, 0.1) is 5.52 Å². The van der Waals surface area contributed by atoms with Crippen LogP contribution in [-0.2, 0) is 6.54 Å². The van der Waals surface area contributed by atoms with Crippen LogP contribution in [0.15, 0.2) is 30.3 Å². The smallest absolute Gasteiger partial charge is 0.129 e. The quantitative estimate of drug-likeness (QED) is 0.839. The second-order valence-electron chi connectivity index (χ2n) is 5.89.